The van der Waals surface area contributed by atoms with E-state index < -0.39 is 0 Å². The summed E-state index contributed by atoms with van der Waals surface area (Å²) in [4.78, 5) is 4.27. The molecule has 2 nitrogen and oxygen atoms in total. The van der Waals surface area contributed by atoms with Gasteiger partial charge in [-0.05, 0) is 31.2 Å². The second kappa shape index (κ2) is 6.36. The highest BCUT2D eigenvalue weighted by molar-refractivity contribution is 7.09. The van der Waals surface area contributed by atoms with Gasteiger partial charge in [0.1, 0.15) is 5.01 Å². The van der Waals surface area contributed by atoms with Crippen molar-refractivity contribution < 1.29 is 0 Å². The van der Waals surface area contributed by atoms with Crippen LogP contribution in [0.2, 0.25) is 0 Å². The molecule has 1 fully saturated rings. The van der Waals surface area contributed by atoms with Gasteiger partial charge in [0.2, 0.25) is 0 Å². The van der Waals surface area contributed by atoms with Gasteiger partial charge in [0.15, 0.2) is 0 Å². The third kappa shape index (κ3) is 3.87. The van der Waals surface area contributed by atoms with Gasteiger partial charge in [0, 0.05) is 18.1 Å². The molecule has 0 aromatic carbocycles. The molecule has 0 spiro atoms. The van der Waals surface area contributed by atoms with Gasteiger partial charge in [-0.1, -0.05) is 26.2 Å². The van der Waals surface area contributed by atoms with Crippen LogP contribution < -0.4 is 5.32 Å². The molecule has 0 radical (unpaired) electrons. The second-order valence-electron chi connectivity index (χ2n) is 5.03. The Kier molecular flexibility index (Phi) is 4.79. The van der Waals surface area contributed by atoms with Crippen molar-refractivity contribution in [2.24, 2.45) is 11.8 Å². The van der Waals surface area contributed by atoms with Crippen LogP contribution in [0.1, 0.15) is 44.0 Å². The van der Waals surface area contributed by atoms with Crippen LogP contribution in [0.25, 0.3) is 0 Å². The van der Waals surface area contributed by atoms with Crippen molar-refractivity contribution in [3.63, 3.8) is 0 Å². The molecular weight excluding hydrogens is 216 g/mol. The van der Waals surface area contributed by atoms with Crippen LogP contribution in [0.5, 0.6) is 0 Å². The average Bonchev–Trinajstić information content (AvgIpc) is 2.77. The highest BCUT2D eigenvalue weighted by Gasteiger charge is 2.17. The van der Waals surface area contributed by atoms with Gasteiger partial charge in [-0.25, -0.2) is 4.98 Å². The van der Waals surface area contributed by atoms with Crippen LogP contribution in [0, 0.1) is 11.8 Å². The maximum absolute atomic E-state index is 4.27. The minimum absolute atomic E-state index is 0.944. The Hall–Kier alpha value is -0.410. The Bertz CT molecular complexity index is 284. The van der Waals surface area contributed by atoms with Gasteiger partial charge < -0.3 is 5.32 Å². The van der Waals surface area contributed by atoms with Crippen molar-refractivity contribution in [2.75, 3.05) is 6.54 Å². The molecule has 1 aliphatic carbocycles. The number of nitrogens with zero attached hydrogens (tertiary/aromatic N) is 1. The summed E-state index contributed by atoms with van der Waals surface area (Å²) in [7, 11) is 0. The molecule has 2 rings (SSSR count). The molecule has 0 aliphatic heterocycles. The van der Waals surface area contributed by atoms with E-state index in [0.717, 1.165) is 24.9 Å². The number of rotatable bonds is 5. The lowest BCUT2D eigenvalue weighted by Gasteiger charge is -2.26. The molecule has 3 heteroatoms. The zero-order valence-corrected chi connectivity index (χ0v) is 10.9. The number of aromatic nitrogens is 1. The summed E-state index contributed by atoms with van der Waals surface area (Å²) in [6.07, 6.45) is 9.00. The van der Waals surface area contributed by atoms with E-state index in [4.69, 9.17) is 0 Å². The zero-order chi connectivity index (χ0) is 11.2. The van der Waals surface area contributed by atoms with E-state index in [2.05, 4.69) is 17.2 Å². The topological polar surface area (TPSA) is 24.9 Å². The van der Waals surface area contributed by atoms with Crippen molar-refractivity contribution in [3.8, 4) is 0 Å². The molecule has 1 saturated carbocycles. The fraction of sp³-hybridized carbons (Fsp3) is 0.769. The van der Waals surface area contributed by atoms with E-state index in [1.54, 1.807) is 11.3 Å². The second-order valence-corrected chi connectivity index (χ2v) is 6.01. The zero-order valence-electron chi connectivity index (χ0n) is 10.1. The molecule has 1 heterocycles. The highest BCUT2D eigenvalue weighted by Crippen LogP contribution is 2.30. The molecule has 16 heavy (non-hydrogen) atoms. The predicted octanol–water partition coefficient (Wildman–Crippen LogP) is 3.45. The van der Waals surface area contributed by atoms with Gasteiger partial charge >= 0.3 is 0 Å². The van der Waals surface area contributed by atoms with Crippen molar-refractivity contribution >= 4 is 11.3 Å². The number of hydrogen-bond donors (Lipinski definition) is 1. The average molecular weight is 238 g/mol. The smallest absolute Gasteiger partial charge is 0.106 e. The van der Waals surface area contributed by atoms with E-state index >= 15 is 0 Å². The van der Waals surface area contributed by atoms with E-state index in [-0.39, 0.29) is 0 Å². The lowest BCUT2D eigenvalue weighted by molar-refractivity contribution is 0.267. The van der Waals surface area contributed by atoms with Crippen molar-refractivity contribution in [2.45, 2.75) is 45.6 Å². The van der Waals surface area contributed by atoms with Crippen LogP contribution in [-0.4, -0.2) is 11.5 Å². The summed E-state index contributed by atoms with van der Waals surface area (Å²) < 4.78 is 0. The quantitative estimate of drug-likeness (QED) is 0.795. The third-order valence-electron chi connectivity index (χ3n) is 3.53. The maximum atomic E-state index is 4.27. The monoisotopic (exact) mass is 238 g/mol. The first-order valence-electron chi connectivity index (χ1n) is 6.43. The first-order chi connectivity index (χ1) is 7.84. The van der Waals surface area contributed by atoms with Crippen LogP contribution in [-0.2, 0) is 6.54 Å². The lowest BCUT2D eigenvalue weighted by Crippen LogP contribution is -2.21. The fourth-order valence-electron chi connectivity index (χ4n) is 2.66. The summed E-state index contributed by atoms with van der Waals surface area (Å²) in [5.74, 6) is 1.92. The van der Waals surface area contributed by atoms with Crippen molar-refractivity contribution in [3.05, 3.63) is 16.6 Å². The Morgan fingerprint density at radius 2 is 2.44 bits per heavy atom. The number of nitrogens with one attached hydrogen (secondary N) is 1. The Morgan fingerprint density at radius 3 is 3.19 bits per heavy atom. The predicted molar refractivity (Wildman–Crippen MR) is 69.6 cm³/mol. The fourth-order valence-corrected chi connectivity index (χ4v) is 3.25. The summed E-state index contributed by atoms with van der Waals surface area (Å²) in [5, 5.41) is 6.74. The standard InChI is InChI=1S/C13H22N2S/c1-11-3-2-4-12(9-11)5-6-14-10-13-15-7-8-16-13/h7-8,11-12,14H,2-6,9-10H2,1H3. The summed E-state index contributed by atoms with van der Waals surface area (Å²) in [6, 6.07) is 0. The Labute approximate surface area is 102 Å². The number of hydrogen-bond acceptors (Lipinski definition) is 3. The molecule has 90 valence electrons. The maximum Gasteiger partial charge on any atom is 0.106 e. The molecule has 0 saturated heterocycles. The van der Waals surface area contributed by atoms with E-state index in [9.17, 15) is 0 Å². The summed E-state index contributed by atoms with van der Waals surface area (Å²) in [5.41, 5.74) is 0. The largest absolute Gasteiger partial charge is 0.310 e. The van der Waals surface area contributed by atoms with Gasteiger partial charge in [0.05, 0.1) is 0 Å². The van der Waals surface area contributed by atoms with E-state index in [0.29, 0.717) is 0 Å². The van der Waals surface area contributed by atoms with Crippen molar-refractivity contribution in [1.29, 1.82) is 0 Å². The number of thiazole rings is 1. The highest BCUT2D eigenvalue weighted by atomic mass is 32.1. The Morgan fingerprint density at radius 1 is 1.50 bits per heavy atom. The molecule has 1 aromatic heterocycles. The lowest BCUT2D eigenvalue weighted by atomic mass is 9.81. The molecule has 2 atom stereocenters. The normalized spacial score (nSPS) is 25.8. The minimum Gasteiger partial charge on any atom is -0.310 e. The summed E-state index contributed by atoms with van der Waals surface area (Å²) >= 11 is 1.74. The molecular formula is C13H22N2S. The van der Waals surface area contributed by atoms with Gasteiger partial charge in [-0.2, -0.15) is 0 Å². The molecule has 1 N–H and O–H groups in total. The van der Waals surface area contributed by atoms with Gasteiger partial charge in [-0.15, -0.1) is 11.3 Å². The van der Waals surface area contributed by atoms with Crippen molar-refractivity contribution in [1.82, 2.24) is 10.3 Å². The Balaban J connectivity index is 1.57. The summed E-state index contributed by atoms with van der Waals surface area (Å²) in [6.45, 7) is 4.49. The van der Waals surface area contributed by atoms with Gasteiger partial charge in [0.25, 0.3) is 0 Å². The minimum atomic E-state index is 0.944. The SMILES string of the molecule is CC1CCCC(CCNCc2nccs2)C1. The molecule has 1 aromatic rings. The van der Waals surface area contributed by atoms with Crippen LogP contribution >= 0.6 is 11.3 Å². The van der Waals surface area contributed by atoms with Crippen LogP contribution in [0.3, 0.4) is 0 Å². The van der Waals surface area contributed by atoms with Gasteiger partial charge in [-0.3, -0.25) is 0 Å². The molecule has 1 aliphatic rings. The molecule has 2 unspecified atom stereocenters. The third-order valence-corrected chi connectivity index (χ3v) is 4.31. The first-order valence-corrected chi connectivity index (χ1v) is 7.31. The first kappa shape index (κ1) is 12.1. The van der Waals surface area contributed by atoms with Crippen LogP contribution in [0.15, 0.2) is 11.6 Å². The molecule has 0 amide bonds. The van der Waals surface area contributed by atoms with Crippen LogP contribution in [0.4, 0.5) is 0 Å². The molecule has 0 bridgehead atoms. The van der Waals surface area contributed by atoms with E-state index in [1.807, 2.05) is 11.6 Å². The van der Waals surface area contributed by atoms with E-state index in [1.165, 1.54) is 37.1 Å².